The van der Waals surface area contributed by atoms with Crippen molar-refractivity contribution >= 4 is 21.6 Å². The monoisotopic (exact) mass is 302 g/mol. The van der Waals surface area contributed by atoms with Crippen molar-refractivity contribution in [3.63, 3.8) is 0 Å². The highest BCUT2D eigenvalue weighted by Crippen LogP contribution is 2.31. The van der Waals surface area contributed by atoms with Gasteiger partial charge in [-0.1, -0.05) is 24.3 Å². The van der Waals surface area contributed by atoms with Gasteiger partial charge in [-0.25, -0.2) is 0 Å². The average molecular weight is 303 g/mol. The molecule has 0 saturated carbocycles. The number of nitrogens with zero attached hydrogens (tertiary/aromatic N) is 2. The fourth-order valence-electron chi connectivity index (χ4n) is 1.65. The lowest BCUT2D eigenvalue weighted by Crippen LogP contribution is -1.91. The highest BCUT2D eigenvalue weighted by molar-refractivity contribution is 9.10. The van der Waals surface area contributed by atoms with E-state index in [2.05, 4.69) is 22.0 Å². The first-order chi connectivity index (χ1) is 8.63. The SMILES string of the molecule is N#Cc1ccccc1-c1ccc(Br)c([N+](=O)[O-])c1. The Morgan fingerprint density at radius 1 is 1.22 bits per heavy atom. The molecule has 0 amide bonds. The molecule has 4 nitrogen and oxygen atoms in total. The second-order valence-corrected chi connectivity index (χ2v) is 4.44. The van der Waals surface area contributed by atoms with E-state index in [1.165, 1.54) is 6.07 Å². The summed E-state index contributed by atoms with van der Waals surface area (Å²) in [5.41, 5.74) is 1.83. The lowest BCUT2D eigenvalue weighted by atomic mass is 10.0. The van der Waals surface area contributed by atoms with Gasteiger partial charge in [0, 0.05) is 6.07 Å². The second kappa shape index (κ2) is 4.98. The fraction of sp³-hybridized carbons (Fsp3) is 0. The minimum Gasteiger partial charge on any atom is -0.258 e. The Bertz CT molecular complexity index is 662. The van der Waals surface area contributed by atoms with Crippen molar-refractivity contribution in [1.82, 2.24) is 0 Å². The smallest absolute Gasteiger partial charge is 0.258 e. The summed E-state index contributed by atoms with van der Waals surface area (Å²) in [6.45, 7) is 0. The van der Waals surface area contributed by atoms with Gasteiger partial charge >= 0.3 is 0 Å². The standard InChI is InChI=1S/C13H7BrN2O2/c14-12-6-5-9(7-13(12)16(17)18)11-4-2-1-3-10(11)8-15/h1-7H. The van der Waals surface area contributed by atoms with Gasteiger partial charge < -0.3 is 0 Å². The maximum atomic E-state index is 10.9. The molecule has 2 aromatic rings. The summed E-state index contributed by atoms with van der Waals surface area (Å²) < 4.78 is 0.422. The van der Waals surface area contributed by atoms with Crippen LogP contribution in [0.3, 0.4) is 0 Å². The van der Waals surface area contributed by atoms with Gasteiger partial charge in [-0.05, 0) is 39.2 Å². The minimum atomic E-state index is -0.456. The Labute approximate surface area is 112 Å². The summed E-state index contributed by atoms with van der Waals surface area (Å²) in [7, 11) is 0. The van der Waals surface area contributed by atoms with Crippen molar-refractivity contribution in [1.29, 1.82) is 5.26 Å². The molecule has 0 saturated heterocycles. The molecule has 0 unspecified atom stereocenters. The lowest BCUT2D eigenvalue weighted by Gasteiger charge is -2.04. The Balaban J connectivity index is 2.62. The van der Waals surface area contributed by atoms with Crippen LogP contribution in [-0.2, 0) is 0 Å². The van der Waals surface area contributed by atoms with Crippen LogP contribution >= 0.6 is 15.9 Å². The number of rotatable bonds is 2. The summed E-state index contributed by atoms with van der Waals surface area (Å²) >= 11 is 3.13. The van der Waals surface area contributed by atoms with E-state index in [4.69, 9.17) is 5.26 Å². The van der Waals surface area contributed by atoms with Crippen molar-refractivity contribution in [3.8, 4) is 17.2 Å². The highest BCUT2D eigenvalue weighted by Gasteiger charge is 2.14. The van der Waals surface area contributed by atoms with Gasteiger partial charge in [0.25, 0.3) is 5.69 Å². The third-order valence-corrected chi connectivity index (χ3v) is 3.17. The summed E-state index contributed by atoms with van der Waals surface area (Å²) in [6.07, 6.45) is 0. The Morgan fingerprint density at radius 2 is 1.94 bits per heavy atom. The lowest BCUT2D eigenvalue weighted by molar-refractivity contribution is -0.385. The molecule has 0 spiro atoms. The normalized spacial score (nSPS) is 9.78. The van der Waals surface area contributed by atoms with Crippen molar-refractivity contribution in [3.05, 3.63) is 62.6 Å². The van der Waals surface area contributed by atoms with E-state index in [9.17, 15) is 10.1 Å². The van der Waals surface area contributed by atoms with Crippen LogP contribution in [0, 0.1) is 21.4 Å². The van der Waals surface area contributed by atoms with Crippen LogP contribution in [-0.4, -0.2) is 4.92 Å². The number of benzene rings is 2. The zero-order chi connectivity index (χ0) is 13.1. The molecule has 2 aromatic carbocycles. The predicted octanol–water partition coefficient (Wildman–Crippen LogP) is 3.90. The van der Waals surface area contributed by atoms with Crippen LogP contribution in [0.15, 0.2) is 46.9 Å². The Morgan fingerprint density at radius 3 is 2.61 bits per heavy atom. The number of nitro groups is 1. The number of nitriles is 1. The van der Waals surface area contributed by atoms with Crippen molar-refractivity contribution < 1.29 is 4.92 Å². The quantitative estimate of drug-likeness (QED) is 0.624. The summed E-state index contributed by atoms with van der Waals surface area (Å²) in [5, 5.41) is 19.9. The average Bonchev–Trinajstić information content (AvgIpc) is 2.39. The molecule has 0 fully saturated rings. The number of halogens is 1. The molecule has 0 bridgehead atoms. The van der Waals surface area contributed by atoms with Crippen LogP contribution in [0.4, 0.5) is 5.69 Å². The maximum absolute atomic E-state index is 10.9. The van der Waals surface area contributed by atoms with Gasteiger partial charge in [-0.3, -0.25) is 10.1 Å². The molecule has 88 valence electrons. The topological polar surface area (TPSA) is 66.9 Å². The highest BCUT2D eigenvalue weighted by atomic mass is 79.9. The molecule has 0 radical (unpaired) electrons. The van der Waals surface area contributed by atoms with E-state index in [0.717, 1.165) is 0 Å². The van der Waals surface area contributed by atoms with Crippen LogP contribution in [0.2, 0.25) is 0 Å². The Hall–Kier alpha value is -2.19. The molecule has 18 heavy (non-hydrogen) atoms. The molecule has 0 aliphatic rings. The molecule has 0 aliphatic carbocycles. The van der Waals surface area contributed by atoms with E-state index in [-0.39, 0.29) is 5.69 Å². The molecule has 0 aromatic heterocycles. The van der Waals surface area contributed by atoms with Crippen molar-refractivity contribution in [2.24, 2.45) is 0 Å². The van der Waals surface area contributed by atoms with Gasteiger partial charge in [-0.2, -0.15) is 5.26 Å². The largest absolute Gasteiger partial charge is 0.284 e. The third kappa shape index (κ3) is 2.24. The third-order valence-electron chi connectivity index (χ3n) is 2.50. The number of hydrogen-bond donors (Lipinski definition) is 0. The van der Waals surface area contributed by atoms with Crippen LogP contribution in [0.25, 0.3) is 11.1 Å². The Kier molecular flexibility index (Phi) is 3.40. The predicted molar refractivity (Wildman–Crippen MR) is 70.9 cm³/mol. The van der Waals surface area contributed by atoms with E-state index in [0.29, 0.717) is 21.2 Å². The molecule has 0 aliphatic heterocycles. The van der Waals surface area contributed by atoms with Gasteiger partial charge in [0.1, 0.15) is 0 Å². The first-order valence-electron chi connectivity index (χ1n) is 5.07. The molecule has 2 rings (SSSR count). The molecule has 0 atom stereocenters. The van der Waals surface area contributed by atoms with Crippen LogP contribution in [0.1, 0.15) is 5.56 Å². The molecule has 5 heteroatoms. The van der Waals surface area contributed by atoms with Crippen molar-refractivity contribution in [2.45, 2.75) is 0 Å². The zero-order valence-electron chi connectivity index (χ0n) is 9.13. The minimum absolute atomic E-state index is 0.0137. The van der Waals surface area contributed by atoms with Gasteiger partial charge in [0.15, 0.2) is 0 Å². The number of nitro benzene ring substituents is 1. The first-order valence-corrected chi connectivity index (χ1v) is 5.86. The van der Waals surface area contributed by atoms with Gasteiger partial charge in [0.2, 0.25) is 0 Å². The summed E-state index contributed by atoms with van der Waals surface area (Å²) in [5.74, 6) is 0. The second-order valence-electron chi connectivity index (χ2n) is 3.58. The van der Waals surface area contributed by atoms with Crippen LogP contribution in [0.5, 0.6) is 0 Å². The maximum Gasteiger partial charge on any atom is 0.284 e. The fourth-order valence-corrected chi connectivity index (χ4v) is 2.04. The summed E-state index contributed by atoms with van der Waals surface area (Å²) in [6, 6.07) is 13.9. The van der Waals surface area contributed by atoms with E-state index in [1.54, 1.807) is 36.4 Å². The van der Waals surface area contributed by atoms with Gasteiger partial charge in [-0.15, -0.1) is 0 Å². The molecular formula is C13H7BrN2O2. The molecule has 0 heterocycles. The number of hydrogen-bond acceptors (Lipinski definition) is 3. The van der Waals surface area contributed by atoms with Crippen molar-refractivity contribution in [2.75, 3.05) is 0 Å². The van der Waals surface area contributed by atoms with E-state index >= 15 is 0 Å². The van der Waals surface area contributed by atoms with Crippen LogP contribution < -0.4 is 0 Å². The zero-order valence-corrected chi connectivity index (χ0v) is 10.7. The van der Waals surface area contributed by atoms with E-state index < -0.39 is 4.92 Å². The molecule has 0 N–H and O–H groups in total. The first kappa shape index (κ1) is 12.3. The van der Waals surface area contributed by atoms with E-state index in [1.807, 2.05) is 0 Å². The summed E-state index contributed by atoms with van der Waals surface area (Å²) in [4.78, 5) is 10.4. The molecular weight excluding hydrogens is 296 g/mol. The van der Waals surface area contributed by atoms with Gasteiger partial charge in [0.05, 0.1) is 21.0 Å².